The van der Waals surface area contributed by atoms with Crippen molar-refractivity contribution in [2.45, 2.75) is 38.6 Å². The van der Waals surface area contributed by atoms with E-state index in [-0.39, 0.29) is 23.6 Å². The zero-order valence-electron chi connectivity index (χ0n) is 20.0. The molecule has 0 unspecified atom stereocenters. The van der Waals surface area contributed by atoms with E-state index in [0.29, 0.717) is 30.9 Å². The fraction of sp³-hybridized carbons (Fsp3) is 0.333. The molecule has 11 heteroatoms. The van der Waals surface area contributed by atoms with E-state index in [0.717, 1.165) is 25.3 Å². The van der Waals surface area contributed by atoms with E-state index in [1.165, 1.54) is 12.1 Å². The van der Waals surface area contributed by atoms with Crippen molar-refractivity contribution >= 4 is 0 Å². The standard InChI is InChI=1S/C27H22F8O3/c1-2-3-4-14-12-36-26(37-13-14)15-5-6-18(19(28)7-15)16-8-20(29)24(21(30)9-16)27(34,35)38-17-10-22(31)25(33)23(32)11-17/h5-11,14,26H,2-4,12-13H2,1H3. The Hall–Kier alpha value is -3.18. The van der Waals surface area contributed by atoms with Crippen LogP contribution in [0.4, 0.5) is 35.1 Å². The molecule has 0 N–H and O–H groups in total. The summed E-state index contributed by atoms with van der Waals surface area (Å²) in [7, 11) is 0. The Morgan fingerprint density at radius 3 is 1.97 bits per heavy atom. The molecule has 1 saturated heterocycles. The molecular formula is C27H22F8O3. The van der Waals surface area contributed by atoms with Crippen LogP contribution in [0.5, 0.6) is 5.75 Å². The van der Waals surface area contributed by atoms with E-state index in [2.05, 4.69) is 11.7 Å². The number of rotatable bonds is 8. The molecule has 0 atom stereocenters. The van der Waals surface area contributed by atoms with E-state index < -0.39 is 64.2 Å². The van der Waals surface area contributed by atoms with Gasteiger partial charge in [-0.2, -0.15) is 8.78 Å². The minimum absolute atomic E-state index is 0.0958. The summed E-state index contributed by atoms with van der Waals surface area (Å²) >= 11 is 0. The first-order chi connectivity index (χ1) is 18.0. The van der Waals surface area contributed by atoms with Crippen LogP contribution in [0.25, 0.3) is 11.1 Å². The number of ether oxygens (including phenoxy) is 3. The van der Waals surface area contributed by atoms with Gasteiger partial charge < -0.3 is 14.2 Å². The van der Waals surface area contributed by atoms with Crippen LogP contribution in [0.15, 0.2) is 42.5 Å². The predicted molar refractivity (Wildman–Crippen MR) is 120 cm³/mol. The SMILES string of the molecule is CCCCC1COC(c2ccc(-c3cc(F)c(C(F)(F)Oc4cc(F)c(F)c(F)c4)c(F)c3)c(F)c2)OC1. The fourth-order valence-electron chi connectivity index (χ4n) is 4.10. The summed E-state index contributed by atoms with van der Waals surface area (Å²) in [6.45, 7) is 2.93. The lowest BCUT2D eigenvalue weighted by Gasteiger charge is -2.29. The van der Waals surface area contributed by atoms with Crippen molar-refractivity contribution in [2.75, 3.05) is 13.2 Å². The minimum Gasteiger partial charge on any atom is -0.429 e. The first-order valence-corrected chi connectivity index (χ1v) is 11.7. The molecule has 1 aliphatic heterocycles. The first-order valence-electron chi connectivity index (χ1n) is 11.7. The van der Waals surface area contributed by atoms with Gasteiger partial charge in [0.1, 0.15) is 28.8 Å². The highest BCUT2D eigenvalue weighted by Gasteiger charge is 2.41. The maximum absolute atomic E-state index is 14.9. The normalized spacial score (nSPS) is 18.0. The van der Waals surface area contributed by atoms with Crippen molar-refractivity contribution in [3.8, 4) is 16.9 Å². The van der Waals surface area contributed by atoms with E-state index >= 15 is 0 Å². The molecule has 204 valence electrons. The van der Waals surface area contributed by atoms with Gasteiger partial charge >= 0.3 is 6.11 Å². The number of unbranched alkanes of at least 4 members (excludes halogenated alkanes) is 1. The van der Waals surface area contributed by atoms with Crippen LogP contribution in [0.3, 0.4) is 0 Å². The molecular weight excluding hydrogens is 524 g/mol. The van der Waals surface area contributed by atoms with Gasteiger partial charge in [0.05, 0.1) is 13.2 Å². The Bertz CT molecular complexity index is 1260. The van der Waals surface area contributed by atoms with E-state index in [1.807, 2.05) is 0 Å². The predicted octanol–water partition coefficient (Wildman–Crippen LogP) is 8.17. The molecule has 4 rings (SSSR count). The topological polar surface area (TPSA) is 27.7 Å². The van der Waals surface area contributed by atoms with Gasteiger partial charge in [0.2, 0.25) is 0 Å². The van der Waals surface area contributed by atoms with E-state index in [9.17, 15) is 35.1 Å². The van der Waals surface area contributed by atoms with Crippen molar-refractivity contribution in [3.05, 3.63) is 88.5 Å². The van der Waals surface area contributed by atoms with Gasteiger partial charge in [0.25, 0.3) is 0 Å². The smallest absolute Gasteiger partial charge is 0.429 e. The van der Waals surface area contributed by atoms with Crippen LogP contribution in [0.1, 0.15) is 43.6 Å². The summed E-state index contributed by atoms with van der Waals surface area (Å²) in [5.41, 5.74) is -2.24. The van der Waals surface area contributed by atoms with Gasteiger partial charge in [-0.15, -0.1) is 0 Å². The Labute approximate surface area is 212 Å². The van der Waals surface area contributed by atoms with Crippen LogP contribution in [0.2, 0.25) is 0 Å². The Balaban J connectivity index is 1.54. The van der Waals surface area contributed by atoms with Crippen molar-refractivity contribution in [3.63, 3.8) is 0 Å². The van der Waals surface area contributed by atoms with Crippen LogP contribution in [-0.4, -0.2) is 13.2 Å². The summed E-state index contributed by atoms with van der Waals surface area (Å²) in [6.07, 6.45) is -2.59. The summed E-state index contributed by atoms with van der Waals surface area (Å²) in [4.78, 5) is 0. The third kappa shape index (κ3) is 5.94. The molecule has 0 saturated carbocycles. The molecule has 0 radical (unpaired) electrons. The molecule has 1 aliphatic rings. The highest BCUT2D eigenvalue weighted by atomic mass is 19.3. The number of benzene rings is 3. The van der Waals surface area contributed by atoms with Crippen molar-refractivity contribution < 1.29 is 49.3 Å². The van der Waals surface area contributed by atoms with Gasteiger partial charge in [-0.25, -0.2) is 26.3 Å². The maximum atomic E-state index is 14.9. The lowest BCUT2D eigenvalue weighted by Crippen LogP contribution is -2.27. The highest BCUT2D eigenvalue weighted by molar-refractivity contribution is 5.65. The van der Waals surface area contributed by atoms with E-state index in [4.69, 9.17) is 9.47 Å². The summed E-state index contributed by atoms with van der Waals surface area (Å²) < 4.78 is 128. The van der Waals surface area contributed by atoms with E-state index in [1.54, 1.807) is 0 Å². The molecule has 38 heavy (non-hydrogen) atoms. The summed E-state index contributed by atoms with van der Waals surface area (Å²) in [5, 5.41) is 0. The number of halogens is 8. The summed E-state index contributed by atoms with van der Waals surface area (Å²) in [5.74, 6) is -11.1. The van der Waals surface area contributed by atoms with Gasteiger partial charge in [0.15, 0.2) is 23.7 Å². The number of hydrogen-bond acceptors (Lipinski definition) is 3. The van der Waals surface area contributed by atoms with Crippen molar-refractivity contribution in [1.29, 1.82) is 0 Å². The van der Waals surface area contributed by atoms with Gasteiger partial charge in [-0.05, 0) is 30.2 Å². The highest BCUT2D eigenvalue weighted by Crippen LogP contribution is 2.38. The maximum Gasteiger partial charge on any atom is 0.432 e. The monoisotopic (exact) mass is 546 g/mol. The molecule has 3 aromatic rings. The third-order valence-corrected chi connectivity index (χ3v) is 6.05. The lowest BCUT2D eigenvalue weighted by molar-refractivity contribution is -0.206. The molecule has 1 heterocycles. The van der Waals surface area contributed by atoms with Gasteiger partial charge in [-0.1, -0.05) is 31.9 Å². The average molecular weight is 546 g/mol. The van der Waals surface area contributed by atoms with Crippen molar-refractivity contribution in [1.82, 2.24) is 0 Å². The zero-order chi connectivity index (χ0) is 27.6. The molecule has 1 fully saturated rings. The zero-order valence-corrected chi connectivity index (χ0v) is 20.0. The lowest BCUT2D eigenvalue weighted by atomic mass is 9.99. The summed E-state index contributed by atoms with van der Waals surface area (Å²) in [6, 6.07) is 4.81. The molecule has 0 bridgehead atoms. The van der Waals surface area contributed by atoms with Crippen LogP contribution in [-0.2, 0) is 15.6 Å². The van der Waals surface area contributed by atoms with Crippen LogP contribution >= 0.6 is 0 Å². The minimum atomic E-state index is -4.75. The molecule has 0 amide bonds. The third-order valence-electron chi connectivity index (χ3n) is 6.05. The Kier molecular flexibility index (Phi) is 8.27. The largest absolute Gasteiger partial charge is 0.432 e. The molecule has 3 aromatic carbocycles. The molecule has 0 aliphatic carbocycles. The second-order valence-corrected chi connectivity index (χ2v) is 8.88. The Morgan fingerprint density at radius 2 is 1.42 bits per heavy atom. The molecule has 0 aromatic heterocycles. The van der Waals surface area contributed by atoms with Gasteiger partial charge in [-0.3, -0.25) is 0 Å². The second kappa shape index (κ2) is 11.3. The quantitative estimate of drug-likeness (QED) is 0.211. The number of alkyl halides is 2. The second-order valence-electron chi connectivity index (χ2n) is 8.88. The first kappa shape index (κ1) is 27.8. The molecule has 0 spiro atoms. The van der Waals surface area contributed by atoms with Crippen molar-refractivity contribution in [2.24, 2.45) is 5.92 Å². The van der Waals surface area contributed by atoms with Crippen LogP contribution in [0, 0.1) is 40.8 Å². The number of hydrogen-bond donors (Lipinski definition) is 0. The molecule has 3 nitrogen and oxygen atoms in total. The average Bonchev–Trinajstić information content (AvgIpc) is 2.85. The van der Waals surface area contributed by atoms with Gasteiger partial charge in [0, 0.05) is 29.2 Å². The van der Waals surface area contributed by atoms with Crippen LogP contribution < -0.4 is 4.74 Å². The fourth-order valence-corrected chi connectivity index (χ4v) is 4.10. The Morgan fingerprint density at radius 1 is 0.816 bits per heavy atom.